The molecule has 0 heterocycles. The smallest absolute Gasteiger partial charge is 0.285 e. The van der Waals surface area contributed by atoms with E-state index < -0.39 is 10.8 Å². The Morgan fingerprint density at radius 1 is 1.16 bits per heavy atom. The van der Waals surface area contributed by atoms with Crippen molar-refractivity contribution in [2.24, 2.45) is 0 Å². The molecule has 130 valence electrons. The molecular formula is C17H17N3O5. The number of aryl methyl sites for hydroxylation is 1. The van der Waals surface area contributed by atoms with Crippen LogP contribution < -0.4 is 15.4 Å². The van der Waals surface area contributed by atoms with Gasteiger partial charge in [0.2, 0.25) is 0 Å². The molecule has 2 aromatic rings. The lowest BCUT2D eigenvalue weighted by atomic mass is 10.1. The molecule has 0 aliphatic carbocycles. The summed E-state index contributed by atoms with van der Waals surface area (Å²) in [6.07, 6.45) is 0. The van der Waals surface area contributed by atoms with Crippen molar-refractivity contribution in [1.82, 2.24) is 5.32 Å². The average Bonchev–Trinajstić information content (AvgIpc) is 2.60. The number of nitro groups is 1. The van der Waals surface area contributed by atoms with E-state index in [4.69, 9.17) is 4.74 Å². The van der Waals surface area contributed by atoms with Gasteiger partial charge in [-0.05, 0) is 31.2 Å². The van der Waals surface area contributed by atoms with Crippen molar-refractivity contribution < 1.29 is 19.2 Å². The van der Waals surface area contributed by atoms with Gasteiger partial charge in [0.15, 0.2) is 0 Å². The van der Waals surface area contributed by atoms with Gasteiger partial charge in [0, 0.05) is 18.2 Å². The van der Waals surface area contributed by atoms with E-state index in [9.17, 15) is 19.7 Å². The van der Waals surface area contributed by atoms with Gasteiger partial charge in [-0.15, -0.1) is 0 Å². The van der Waals surface area contributed by atoms with Gasteiger partial charge in [-0.1, -0.05) is 12.1 Å². The molecule has 0 aliphatic rings. The van der Waals surface area contributed by atoms with E-state index in [1.165, 1.54) is 32.4 Å². The topological polar surface area (TPSA) is 111 Å². The number of carbonyl (C=O) groups is 2. The van der Waals surface area contributed by atoms with Gasteiger partial charge in [0.05, 0.1) is 17.7 Å². The van der Waals surface area contributed by atoms with Gasteiger partial charge in [0.25, 0.3) is 17.5 Å². The Balaban J connectivity index is 2.43. The molecule has 0 fully saturated rings. The second-order valence-electron chi connectivity index (χ2n) is 5.18. The standard InChI is InChI=1S/C17H17N3O5/c1-10-5-4-6-12(15(10)20(23)24)17(22)19-13-9-11(16(21)18-2)7-8-14(13)25-3/h4-9H,1-3H3,(H,18,21)(H,19,22). The van der Waals surface area contributed by atoms with Crippen LogP contribution in [0.15, 0.2) is 36.4 Å². The molecule has 2 aromatic carbocycles. The second-order valence-corrected chi connectivity index (χ2v) is 5.18. The molecule has 0 atom stereocenters. The van der Waals surface area contributed by atoms with E-state index >= 15 is 0 Å². The van der Waals surface area contributed by atoms with E-state index in [1.807, 2.05) is 0 Å². The SMILES string of the molecule is CNC(=O)c1ccc(OC)c(NC(=O)c2cccc(C)c2[N+](=O)[O-])c1. The fraction of sp³-hybridized carbons (Fsp3) is 0.176. The van der Waals surface area contributed by atoms with Crippen LogP contribution in [0.5, 0.6) is 5.75 Å². The highest BCUT2D eigenvalue weighted by atomic mass is 16.6. The molecule has 0 aromatic heterocycles. The zero-order chi connectivity index (χ0) is 18.6. The lowest BCUT2D eigenvalue weighted by Crippen LogP contribution is -2.19. The third-order valence-electron chi connectivity index (χ3n) is 3.60. The summed E-state index contributed by atoms with van der Waals surface area (Å²) in [5.41, 5.74) is 0.601. The summed E-state index contributed by atoms with van der Waals surface area (Å²) in [5.74, 6) is -0.668. The fourth-order valence-electron chi connectivity index (χ4n) is 2.37. The number of nitrogens with zero attached hydrogens (tertiary/aromatic N) is 1. The summed E-state index contributed by atoms with van der Waals surface area (Å²) < 4.78 is 5.17. The minimum absolute atomic E-state index is 0.0719. The molecule has 0 aliphatic heterocycles. The van der Waals surface area contributed by atoms with Crippen LogP contribution in [0.4, 0.5) is 11.4 Å². The molecule has 8 heteroatoms. The van der Waals surface area contributed by atoms with Crippen LogP contribution in [0, 0.1) is 17.0 Å². The maximum absolute atomic E-state index is 12.5. The van der Waals surface area contributed by atoms with Crippen molar-refractivity contribution in [2.45, 2.75) is 6.92 Å². The summed E-state index contributed by atoms with van der Waals surface area (Å²) in [6.45, 7) is 1.56. The molecule has 0 bridgehead atoms. The number of carbonyl (C=O) groups excluding carboxylic acids is 2. The quantitative estimate of drug-likeness (QED) is 0.640. The van der Waals surface area contributed by atoms with Crippen LogP contribution in [0.1, 0.15) is 26.3 Å². The van der Waals surface area contributed by atoms with Gasteiger partial charge in [-0.3, -0.25) is 19.7 Å². The number of benzene rings is 2. The summed E-state index contributed by atoms with van der Waals surface area (Å²) in [6, 6.07) is 9.01. The first-order valence-corrected chi connectivity index (χ1v) is 7.34. The first-order valence-electron chi connectivity index (χ1n) is 7.34. The van der Waals surface area contributed by atoms with Crippen molar-refractivity contribution >= 4 is 23.2 Å². The number of amides is 2. The number of hydrogen-bond acceptors (Lipinski definition) is 5. The van der Waals surface area contributed by atoms with Crippen LogP contribution in [-0.4, -0.2) is 30.9 Å². The Labute approximate surface area is 144 Å². The Morgan fingerprint density at radius 2 is 1.88 bits per heavy atom. The third-order valence-corrected chi connectivity index (χ3v) is 3.60. The average molecular weight is 343 g/mol. The van der Waals surface area contributed by atoms with Crippen molar-refractivity contribution in [1.29, 1.82) is 0 Å². The van der Waals surface area contributed by atoms with Gasteiger partial charge in [-0.25, -0.2) is 0 Å². The molecule has 25 heavy (non-hydrogen) atoms. The molecule has 2 N–H and O–H groups in total. The Hall–Kier alpha value is -3.42. The predicted octanol–water partition coefficient (Wildman–Crippen LogP) is 2.52. The molecule has 2 rings (SSSR count). The van der Waals surface area contributed by atoms with Crippen molar-refractivity contribution in [3.05, 3.63) is 63.2 Å². The minimum atomic E-state index is -0.664. The molecule has 0 saturated heterocycles. The highest BCUT2D eigenvalue weighted by Gasteiger charge is 2.23. The summed E-state index contributed by atoms with van der Waals surface area (Å²) in [4.78, 5) is 35.0. The monoisotopic (exact) mass is 343 g/mol. The number of para-hydroxylation sites is 1. The van der Waals surface area contributed by atoms with Gasteiger partial charge in [0.1, 0.15) is 11.3 Å². The first kappa shape index (κ1) is 17.9. The van der Waals surface area contributed by atoms with Crippen LogP contribution in [0.25, 0.3) is 0 Å². The van der Waals surface area contributed by atoms with Gasteiger partial charge in [-0.2, -0.15) is 0 Å². The Morgan fingerprint density at radius 3 is 2.48 bits per heavy atom. The molecule has 0 unspecified atom stereocenters. The zero-order valence-corrected chi connectivity index (χ0v) is 14.0. The normalized spacial score (nSPS) is 10.0. The van der Waals surface area contributed by atoms with E-state index in [1.54, 1.807) is 25.1 Å². The first-order chi connectivity index (χ1) is 11.9. The molecule has 8 nitrogen and oxygen atoms in total. The van der Waals surface area contributed by atoms with Crippen LogP contribution in [0.2, 0.25) is 0 Å². The van der Waals surface area contributed by atoms with E-state index in [0.717, 1.165) is 0 Å². The maximum atomic E-state index is 12.5. The van der Waals surface area contributed by atoms with E-state index in [2.05, 4.69) is 10.6 Å². The third kappa shape index (κ3) is 3.74. The number of anilines is 1. The largest absolute Gasteiger partial charge is 0.495 e. The Bertz CT molecular complexity index is 848. The molecule has 0 radical (unpaired) electrons. The van der Waals surface area contributed by atoms with Gasteiger partial charge < -0.3 is 15.4 Å². The summed E-state index contributed by atoms with van der Waals surface area (Å²) in [5, 5.41) is 16.3. The van der Waals surface area contributed by atoms with Gasteiger partial charge >= 0.3 is 0 Å². The number of nitrogens with one attached hydrogen (secondary N) is 2. The van der Waals surface area contributed by atoms with E-state index in [0.29, 0.717) is 16.9 Å². The number of methoxy groups -OCH3 is 1. The molecule has 0 saturated carbocycles. The predicted molar refractivity (Wildman–Crippen MR) is 92.2 cm³/mol. The Kier molecular flexibility index (Phi) is 5.33. The summed E-state index contributed by atoms with van der Waals surface area (Å²) >= 11 is 0. The summed E-state index contributed by atoms with van der Waals surface area (Å²) in [7, 11) is 2.90. The lowest BCUT2D eigenvalue weighted by Gasteiger charge is -2.12. The minimum Gasteiger partial charge on any atom is -0.495 e. The highest BCUT2D eigenvalue weighted by Crippen LogP contribution is 2.28. The zero-order valence-electron chi connectivity index (χ0n) is 14.0. The molecule has 2 amide bonds. The number of ether oxygens (including phenoxy) is 1. The van der Waals surface area contributed by atoms with Crippen LogP contribution in [0.3, 0.4) is 0 Å². The van der Waals surface area contributed by atoms with Crippen LogP contribution >= 0.6 is 0 Å². The molecule has 0 spiro atoms. The second kappa shape index (κ2) is 7.43. The highest BCUT2D eigenvalue weighted by molar-refractivity contribution is 6.08. The van der Waals surface area contributed by atoms with Crippen LogP contribution in [-0.2, 0) is 0 Å². The number of nitro benzene ring substituents is 1. The van der Waals surface area contributed by atoms with Crippen molar-refractivity contribution in [3.8, 4) is 5.75 Å². The molecular weight excluding hydrogens is 326 g/mol. The van der Waals surface area contributed by atoms with Crippen molar-refractivity contribution in [3.63, 3.8) is 0 Å². The number of hydrogen-bond donors (Lipinski definition) is 2. The maximum Gasteiger partial charge on any atom is 0.285 e. The van der Waals surface area contributed by atoms with Crippen molar-refractivity contribution in [2.75, 3.05) is 19.5 Å². The number of rotatable bonds is 5. The lowest BCUT2D eigenvalue weighted by molar-refractivity contribution is -0.385. The van der Waals surface area contributed by atoms with E-state index in [-0.39, 0.29) is 22.8 Å². The fourth-order valence-corrected chi connectivity index (χ4v) is 2.37.